The minimum absolute atomic E-state index is 0.108. The monoisotopic (exact) mass is 271 g/mol. The number of amides is 1. The zero-order chi connectivity index (χ0) is 14.7. The average Bonchev–Trinajstić information content (AvgIpc) is 2.78. The molecule has 0 aliphatic heterocycles. The predicted molar refractivity (Wildman–Crippen MR) is 81.1 cm³/mol. The number of aromatic nitrogens is 2. The summed E-state index contributed by atoms with van der Waals surface area (Å²) in [6.07, 6.45) is 1.79. The summed E-state index contributed by atoms with van der Waals surface area (Å²) in [5.74, 6) is -0.108. The van der Waals surface area contributed by atoms with E-state index in [1.54, 1.807) is 17.8 Å². The number of para-hydroxylation sites is 1. The molecule has 106 valence electrons. The molecule has 0 bridgehead atoms. The molecule has 0 radical (unpaired) electrons. The van der Waals surface area contributed by atoms with E-state index >= 15 is 0 Å². The van der Waals surface area contributed by atoms with Gasteiger partial charge in [0.05, 0.1) is 5.69 Å². The molecule has 0 aliphatic rings. The number of hydrogen-bond acceptors (Lipinski definition) is 2. The highest BCUT2D eigenvalue weighted by Crippen LogP contribution is 2.23. The lowest BCUT2D eigenvalue weighted by molar-refractivity contribution is 0.101. The average molecular weight is 271 g/mol. The standard InChI is InChI=1S/C16H21N3O/c1-5-12-8-7-9-13(6-2)15(12)17-16(20)14-10-11(3)18-19(14)4/h7-10H,5-6H2,1-4H3,(H,17,20). The van der Waals surface area contributed by atoms with Crippen LogP contribution in [0.25, 0.3) is 0 Å². The topological polar surface area (TPSA) is 46.9 Å². The van der Waals surface area contributed by atoms with Crippen molar-refractivity contribution in [2.45, 2.75) is 33.6 Å². The molecular formula is C16H21N3O. The molecule has 2 rings (SSSR count). The highest BCUT2D eigenvalue weighted by atomic mass is 16.2. The molecule has 4 nitrogen and oxygen atoms in total. The second kappa shape index (κ2) is 5.90. The van der Waals surface area contributed by atoms with Crippen LogP contribution in [0.3, 0.4) is 0 Å². The maximum absolute atomic E-state index is 12.4. The lowest BCUT2D eigenvalue weighted by Crippen LogP contribution is -2.18. The second-order valence-corrected chi connectivity index (χ2v) is 4.91. The van der Waals surface area contributed by atoms with E-state index in [2.05, 4.69) is 36.4 Å². The maximum Gasteiger partial charge on any atom is 0.273 e. The van der Waals surface area contributed by atoms with Gasteiger partial charge < -0.3 is 5.32 Å². The van der Waals surface area contributed by atoms with Gasteiger partial charge in [0.2, 0.25) is 0 Å². The van der Waals surface area contributed by atoms with Crippen molar-refractivity contribution in [3.05, 3.63) is 46.8 Å². The summed E-state index contributed by atoms with van der Waals surface area (Å²) in [4.78, 5) is 12.4. The normalized spacial score (nSPS) is 10.6. The zero-order valence-electron chi connectivity index (χ0n) is 12.5. The molecule has 0 saturated heterocycles. The number of carbonyl (C=O) groups excluding carboxylic acids is 1. The van der Waals surface area contributed by atoms with Crippen LogP contribution in [0.5, 0.6) is 0 Å². The molecular weight excluding hydrogens is 250 g/mol. The Balaban J connectivity index is 2.34. The SMILES string of the molecule is CCc1cccc(CC)c1NC(=O)c1cc(C)nn1C. The molecule has 0 fully saturated rings. The number of benzene rings is 1. The fourth-order valence-corrected chi connectivity index (χ4v) is 2.40. The Kier molecular flexibility index (Phi) is 4.23. The molecule has 0 spiro atoms. The second-order valence-electron chi connectivity index (χ2n) is 4.91. The Hall–Kier alpha value is -2.10. The number of anilines is 1. The predicted octanol–water partition coefficient (Wildman–Crippen LogP) is 3.11. The van der Waals surface area contributed by atoms with E-state index in [1.165, 1.54) is 0 Å². The first-order chi connectivity index (χ1) is 9.56. The molecule has 1 N–H and O–H groups in total. The van der Waals surface area contributed by atoms with Gasteiger partial charge in [-0.3, -0.25) is 9.48 Å². The third kappa shape index (κ3) is 2.74. The Labute approximate surface area is 119 Å². The van der Waals surface area contributed by atoms with Gasteiger partial charge in [0.15, 0.2) is 0 Å². The third-order valence-corrected chi connectivity index (χ3v) is 3.47. The van der Waals surface area contributed by atoms with E-state index in [9.17, 15) is 4.79 Å². The van der Waals surface area contributed by atoms with E-state index in [4.69, 9.17) is 0 Å². The summed E-state index contributed by atoms with van der Waals surface area (Å²) in [6, 6.07) is 7.96. The van der Waals surface area contributed by atoms with Crippen LogP contribution in [0, 0.1) is 6.92 Å². The first-order valence-electron chi connectivity index (χ1n) is 6.99. The summed E-state index contributed by atoms with van der Waals surface area (Å²) in [6.45, 7) is 6.07. The van der Waals surface area contributed by atoms with Gasteiger partial charge in [0.25, 0.3) is 5.91 Å². The van der Waals surface area contributed by atoms with Gasteiger partial charge in [-0.2, -0.15) is 5.10 Å². The molecule has 0 aliphatic carbocycles. The van der Waals surface area contributed by atoms with E-state index in [-0.39, 0.29) is 5.91 Å². The Morgan fingerprint density at radius 3 is 2.30 bits per heavy atom. The molecule has 4 heteroatoms. The highest BCUT2D eigenvalue weighted by molar-refractivity contribution is 6.04. The molecule has 1 amide bonds. The van der Waals surface area contributed by atoms with Gasteiger partial charge in [-0.1, -0.05) is 32.0 Å². The molecule has 0 saturated carbocycles. The van der Waals surface area contributed by atoms with Crippen molar-refractivity contribution < 1.29 is 4.79 Å². The fourth-order valence-electron chi connectivity index (χ4n) is 2.40. The van der Waals surface area contributed by atoms with Crippen LogP contribution in [-0.2, 0) is 19.9 Å². The smallest absolute Gasteiger partial charge is 0.273 e. The summed E-state index contributed by atoms with van der Waals surface area (Å²) >= 11 is 0. The van der Waals surface area contributed by atoms with Crippen LogP contribution in [0.4, 0.5) is 5.69 Å². The summed E-state index contributed by atoms with van der Waals surface area (Å²) in [5.41, 5.74) is 4.70. The van der Waals surface area contributed by atoms with Gasteiger partial charge in [-0.15, -0.1) is 0 Å². The number of nitrogens with zero attached hydrogens (tertiary/aromatic N) is 2. The highest BCUT2D eigenvalue weighted by Gasteiger charge is 2.15. The van der Waals surface area contributed by atoms with Gasteiger partial charge >= 0.3 is 0 Å². The largest absolute Gasteiger partial charge is 0.320 e. The van der Waals surface area contributed by atoms with Crippen LogP contribution in [-0.4, -0.2) is 15.7 Å². The van der Waals surface area contributed by atoms with Crippen molar-refractivity contribution in [3.63, 3.8) is 0 Å². The summed E-state index contributed by atoms with van der Waals surface area (Å²) in [7, 11) is 1.79. The van der Waals surface area contributed by atoms with Crippen molar-refractivity contribution in [3.8, 4) is 0 Å². The van der Waals surface area contributed by atoms with Crippen molar-refractivity contribution >= 4 is 11.6 Å². The molecule has 0 unspecified atom stereocenters. The van der Waals surface area contributed by atoms with Gasteiger partial charge in [0.1, 0.15) is 5.69 Å². The van der Waals surface area contributed by atoms with Gasteiger partial charge in [0, 0.05) is 12.7 Å². The van der Waals surface area contributed by atoms with Gasteiger partial charge in [-0.25, -0.2) is 0 Å². The van der Waals surface area contributed by atoms with Crippen molar-refractivity contribution in [2.75, 3.05) is 5.32 Å². The summed E-state index contributed by atoms with van der Waals surface area (Å²) in [5, 5.41) is 7.27. The number of nitrogens with one attached hydrogen (secondary N) is 1. The third-order valence-electron chi connectivity index (χ3n) is 3.47. The van der Waals surface area contributed by atoms with Crippen molar-refractivity contribution in [1.82, 2.24) is 9.78 Å². The molecule has 1 aromatic heterocycles. The number of aryl methyl sites for hydroxylation is 4. The van der Waals surface area contributed by atoms with Crippen LogP contribution >= 0.6 is 0 Å². The van der Waals surface area contributed by atoms with Crippen LogP contribution in [0.15, 0.2) is 24.3 Å². The molecule has 1 heterocycles. The molecule has 2 aromatic rings. The van der Waals surface area contributed by atoms with Crippen molar-refractivity contribution in [2.24, 2.45) is 7.05 Å². The molecule has 1 aromatic carbocycles. The number of carbonyl (C=O) groups is 1. The van der Waals surface area contributed by atoms with E-state index in [0.717, 1.165) is 35.3 Å². The molecule has 0 atom stereocenters. The van der Waals surface area contributed by atoms with E-state index in [1.807, 2.05) is 13.0 Å². The fraction of sp³-hybridized carbons (Fsp3) is 0.375. The lowest BCUT2D eigenvalue weighted by atomic mass is 10.0. The van der Waals surface area contributed by atoms with Crippen LogP contribution in [0.1, 0.15) is 41.2 Å². The first-order valence-corrected chi connectivity index (χ1v) is 6.99. The molecule has 20 heavy (non-hydrogen) atoms. The van der Waals surface area contributed by atoms with Gasteiger partial charge in [-0.05, 0) is 37.0 Å². The maximum atomic E-state index is 12.4. The Morgan fingerprint density at radius 2 is 1.85 bits per heavy atom. The lowest BCUT2D eigenvalue weighted by Gasteiger charge is -2.14. The van der Waals surface area contributed by atoms with E-state index < -0.39 is 0 Å². The van der Waals surface area contributed by atoms with Crippen molar-refractivity contribution in [1.29, 1.82) is 0 Å². The quantitative estimate of drug-likeness (QED) is 0.928. The number of rotatable bonds is 4. The minimum atomic E-state index is -0.108. The minimum Gasteiger partial charge on any atom is -0.320 e. The van der Waals surface area contributed by atoms with Crippen LogP contribution < -0.4 is 5.32 Å². The summed E-state index contributed by atoms with van der Waals surface area (Å²) < 4.78 is 1.62. The van der Waals surface area contributed by atoms with E-state index in [0.29, 0.717) is 5.69 Å². The zero-order valence-corrected chi connectivity index (χ0v) is 12.5. The first kappa shape index (κ1) is 14.3. The Morgan fingerprint density at radius 1 is 1.25 bits per heavy atom. The van der Waals surface area contributed by atoms with Crippen LogP contribution in [0.2, 0.25) is 0 Å². The number of hydrogen-bond donors (Lipinski definition) is 1. The Bertz CT molecular complexity index is 606.